The van der Waals surface area contributed by atoms with Crippen LogP contribution in [0.25, 0.3) is 0 Å². The van der Waals surface area contributed by atoms with E-state index in [2.05, 4.69) is 15.4 Å². The van der Waals surface area contributed by atoms with E-state index >= 15 is 0 Å². The first-order chi connectivity index (χ1) is 15.2. The number of carbonyl (C=O) groups is 2. The lowest BCUT2D eigenvalue weighted by atomic mass is 10.2. The first-order valence-corrected chi connectivity index (χ1v) is 11.7. The quantitative estimate of drug-likeness (QED) is 0.445. The van der Waals surface area contributed by atoms with E-state index in [1.54, 1.807) is 0 Å². The number of carbonyl (C=O) groups excluding carboxylic acids is 2. The van der Waals surface area contributed by atoms with Crippen molar-refractivity contribution in [2.45, 2.75) is 11.4 Å². The molecule has 0 aliphatic heterocycles. The second-order valence-electron chi connectivity index (χ2n) is 6.70. The number of benzene rings is 3. The normalized spacial score (nSPS) is 10.9. The van der Waals surface area contributed by atoms with Crippen LogP contribution in [0.3, 0.4) is 0 Å². The topological polar surface area (TPSA) is 104 Å². The molecule has 7 nitrogen and oxygen atoms in total. The van der Waals surface area contributed by atoms with Gasteiger partial charge < -0.3 is 10.6 Å². The number of anilines is 1. The fourth-order valence-corrected chi connectivity index (χ4v) is 4.53. The fraction of sp³-hybridized carbons (Fsp3) is 0.0909. The molecule has 0 spiro atoms. The molecule has 3 aromatic rings. The Hall–Kier alpha value is -3.07. The predicted octanol–water partition coefficient (Wildman–Crippen LogP) is 3.84. The van der Waals surface area contributed by atoms with Gasteiger partial charge in [-0.1, -0.05) is 53.5 Å². The fourth-order valence-electron chi connectivity index (χ4n) is 2.70. The van der Waals surface area contributed by atoms with Crippen LogP contribution in [0.5, 0.6) is 0 Å². The minimum atomic E-state index is -3.97. The van der Waals surface area contributed by atoms with Crippen molar-refractivity contribution in [1.29, 1.82) is 0 Å². The van der Waals surface area contributed by atoms with Gasteiger partial charge in [-0.15, -0.1) is 0 Å². The highest BCUT2D eigenvalue weighted by Gasteiger charge is 2.19. The highest BCUT2D eigenvalue weighted by atomic mass is 35.5. The molecule has 0 atom stereocenters. The molecule has 0 fully saturated rings. The molecule has 0 radical (unpaired) electrons. The Labute approximate surface area is 195 Å². The van der Waals surface area contributed by atoms with Gasteiger partial charge in [-0.05, 0) is 48.0 Å². The summed E-state index contributed by atoms with van der Waals surface area (Å²) >= 11 is 11.8. The molecule has 0 aliphatic carbocycles. The van der Waals surface area contributed by atoms with Crippen LogP contribution in [-0.2, 0) is 21.4 Å². The zero-order valence-electron chi connectivity index (χ0n) is 16.6. The summed E-state index contributed by atoms with van der Waals surface area (Å²) in [5.41, 5.74) is 1.45. The summed E-state index contributed by atoms with van der Waals surface area (Å²) in [6.07, 6.45) is 0. The number of hydrogen-bond donors (Lipinski definition) is 3. The number of rotatable bonds is 8. The summed E-state index contributed by atoms with van der Waals surface area (Å²) in [4.78, 5) is 24.0. The first-order valence-electron chi connectivity index (χ1n) is 9.41. The number of sulfonamides is 1. The van der Waals surface area contributed by atoms with Crippen LogP contribution >= 0.6 is 23.2 Å². The molecule has 0 saturated carbocycles. The summed E-state index contributed by atoms with van der Waals surface area (Å²) in [5.74, 6) is -0.794. The molecule has 0 unspecified atom stereocenters. The highest BCUT2D eigenvalue weighted by Crippen LogP contribution is 2.26. The van der Waals surface area contributed by atoms with Crippen molar-refractivity contribution < 1.29 is 18.0 Å². The lowest BCUT2D eigenvalue weighted by Gasteiger charge is -2.11. The molecule has 0 saturated heterocycles. The molecule has 3 aromatic carbocycles. The van der Waals surface area contributed by atoms with Gasteiger partial charge in [0.2, 0.25) is 5.91 Å². The highest BCUT2D eigenvalue weighted by molar-refractivity contribution is 7.92. The second kappa shape index (κ2) is 10.5. The van der Waals surface area contributed by atoms with Gasteiger partial charge in [0.1, 0.15) is 4.90 Å². The van der Waals surface area contributed by atoms with Gasteiger partial charge in [0, 0.05) is 22.8 Å². The van der Waals surface area contributed by atoms with Crippen molar-refractivity contribution in [2.24, 2.45) is 0 Å². The molecule has 32 heavy (non-hydrogen) atoms. The number of amides is 2. The van der Waals surface area contributed by atoms with E-state index in [1.807, 2.05) is 30.3 Å². The SMILES string of the molecule is O=C(CNC(=O)c1ccc(NS(=O)(=O)c2cc(Cl)ccc2Cl)cc1)NCc1ccccc1. The van der Waals surface area contributed by atoms with Crippen LogP contribution in [0.2, 0.25) is 10.0 Å². The Morgan fingerprint density at radius 2 is 1.53 bits per heavy atom. The number of halogens is 2. The average Bonchev–Trinajstić information content (AvgIpc) is 2.78. The van der Waals surface area contributed by atoms with E-state index in [9.17, 15) is 18.0 Å². The minimum absolute atomic E-state index is 0.0310. The van der Waals surface area contributed by atoms with Crippen molar-refractivity contribution in [2.75, 3.05) is 11.3 Å². The second-order valence-corrected chi connectivity index (χ2v) is 9.20. The van der Waals surface area contributed by atoms with E-state index in [0.29, 0.717) is 6.54 Å². The van der Waals surface area contributed by atoms with Gasteiger partial charge in [0.15, 0.2) is 0 Å². The minimum Gasteiger partial charge on any atom is -0.350 e. The molecule has 3 rings (SSSR count). The van der Waals surface area contributed by atoms with Crippen LogP contribution < -0.4 is 15.4 Å². The van der Waals surface area contributed by atoms with Gasteiger partial charge in [0.25, 0.3) is 15.9 Å². The van der Waals surface area contributed by atoms with Crippen LogP contribution in [0.1, 0.15) is 15.9 Å². The zero-order chi connectivity index (χ0) is 23.1. The van der Waals surface area contributed by atoms with E-state index in [4.69, 9.17) is 23.2 Å². The molecule has 0 bridgehead atoms. The Kier molecular flexibility index (Phi) is 7.74. The monoisotopic (exact) mass is 491 g/mol. The van der Waals surface area contributed by atoms with E-state index in [-0.39, 0.29) is 38.6 Å². The summed E-state index contributed by atoms with van der Waals surface area (Å²) in [6.45, 7) is 0.175. The molecule has 166 valence electrons. The van der Waals surface area contributed by atoms with Crippen LogP contribution in [0, 0.1) is 0 Å². The van der Waals surface area contributed by atoms with Crippen molar-refractivity contribution in [3.8, 4) is 0 Å². The lowest BCUT2D eigenvalue weighted by Crippen LogP contribution is -2.36. The van der Waals surface area contributed by atoms with E-state index in [0.717, 1.165) is 5.56 Å². The molecule has 3 N–H and O–H groups in total. The zero-order valence-corrected chi connectivity index (χ0v) is 19.0. The van der Waals surface area contributed by atoms with Gasteiger partial charge in [0.05, 0.1) is 11.6 Å². The summed E-state index contributed by atoms with van der Waals surface area (Å²) in [7, 11) is -3.97. The maximum Gasteiger partial charge on any atom is 0.263 e. The largest absolute Gasteiger partial charge is 0.350 e. The summed E-state index contributed by atoms with van der Waals surface area (Å²) in [5, 5.41) is 5.50. The van der Waals surface area contributed by atoms with Crippen molar-refractivity contribution >= 4 is 50.7 Å². The first kappa shape index (κ1) is 23.6. The molecular formula is C22H19Cl2N3O4S. The molecule has 0 heterocycles. The number of hydrogen-bond acceptors (Lipinski definition) is 4. The third-order valence-electron chi connectivity index (χ3n) is 4.32. The molecular weight excluding hydrogens is 473 g/mol. The van der Waals surface area contributed by atoms with E-state index in [1.165, 1.54) is 42.5 Å². The third kappa shape index (κ3) is 6.46. The van der Waals surface area contributed by atoms with Crippen molar-refractivity contribution in [3.63, 3.8) is 0 Å². The molecule has 2 amide bonds. The van der Waals surface area contributed by atoms with Gasteiger partial charge in [-0.3, -0.25) is 14.3 Å². The summed E-state index contributed by atoms with van der Waals surface area (Å²) < 4.78 is 27.5. The Balaban J connectivity index is 1.55. The Morgan fingerprint density at radius 3 is 2.22 bits per heavy atom. The third-order valence-corrected chi connectivity index (χ3v) is 6.42. The molecule has 10 heteroatoms. The van der Waals surface area contributed by atoms with Gasteiger partial charge >= 0.3 is 0 Å². The number of nitrogens with one attached hydrogen (secondary N) is 3. The van der Waals surface area contributed by atoms with Crippen LogP contribution in [0.4, 0.5) is 5.69 Å². The van der Waals surface area contributed by atoms with Crippen LogP contribution in [-0.4, -0.2) is 26.8 Å². The molecule has 0 aliphatic rings. The van der Waals surface area contributed by atoms with Crippen molar-refractivity contribution in [3.05, 3.63) is 94.0 Å². The smallest absolute Gasteiger partial charge is 0.263 e. The Morgan fingerprint density at radius 1 is 0.844 bits per heavy atom. The van der Waals surface area contributed by atoms with Crippen LogP contribution in [0.15, 0.2) is 77.7 Å². The maximum absolute atomic E-state index is 12.6. The standard InChI is InChI=1S/C22H19Cl2N3O4S/c23-17-8-11-19(24)20(12-17)32(30,31)27-18-9-6-16(7-10-18)22(29)26-14-21(28)25-13-15-4-2-1-3-5-15/h1-12,27H,13-14H2,(H,25,28)(H,26,29). The molecule has 0 aromatic heterocycles. The Bertz CT molecular complexity index is 1220. The maximum atomic E-state index is 12.6. The lowest BCUT2D eigenvalue weighted by molar-refractivity contribution is -0.120. The van der Waals surface area contributed by atoms with Gasteiger partial charge in [-0.2, -0.15) is 0 Å². The predicted molar refractivity (Wildman–Crippen MR) is 124 cm³/mol. The average molecular weight is 492 g/mol. The summed E-state index contributed by atoms with van der Waals surface area (Å²) in [6, 6.07) is 19.3. The van der Waals surface area contributed by atoms with E-state index < -0.39 is 15.9 Å². The van der Waals surface area contributed by atoms with Crippen molar-refractivity contribution in [1.82, 2.24) is 10.6 Å². The van der Waals surface area contributed by atoms with Gasteiger partial charge in [-0.25, -0.2) is 8.42 Å².